The molecule has 2 nitrogen and oxygen atoms in total. The van der Waals surface area contributed by atoms with Crippen LogP contribution in [0.15, 0.2) is 36.4 Å². The molecule has 0 saturated carbocycles. The standard InChI is InChI=1S/C19H22FNO/c1-13-7-14(2)9-15(8-13)19-4-3-17(20)10-16(19)12-22-18-5-6-21-11-18/h3-4,7-10,18,21H,5-6,11-12H2,1-2H3/t18-/m0/s1. The van der Waals surface area contributed by atoms with Crippen LogP contribution in [0, 0.1) is 19.7 Å². The summed E-state index contributed by atoms with van der Waals surface area (Å²) in [7, 11) is 0. The lowest BCUT2D eigenvalue weighted by Crippen LogP contribution is -2.16. The lowest BCUT2D eigenvalue weighted by atomic mass is 9.96. The van der Waals surface area contributed by atoms with Crippen molar-refractivity contribution in [2.45, 2.75) is 33.0 Å². The molecule has 3 rings (SSSR count). The number of nitrogens with one attached hydrogen (secondary N) is 1. The zero-order valence-corrected chi connectivity index (χ0v) is 13.2. The van der Waals surface area contributed by atoms with E-state index in [0.29, 0.717) is 6.61 Å². The minimum absolute atomic E-state index is 0.212. The summed E-state index contributed by atoms with van der Waals surface area (Å²) in [6.45, 7) is 6.50. The highest BCUT2D eigenvalue weighted by molar-refractivity contribution is 5.68. The molecule has 1 fully saturated rings. The highest BCUT2D eigenvalue weighted by Gasteiger charge is 2.16. The third-order valence-electron chi connectivity index (χ3n) is 4.09. The molecule has 1 N–H and O–H groups in total. The smallest absolute Gasteiger partial charge is 0.123 e. The molecule has 1 aliphatic heterocycles. The Hall–Kier alpha value is -1.71. The summed E-state index contributed by atoms with van der Waals surface area (Å²) in [5.74, 6) is -0.212. The number of hydrogen-bond acceptors (Lipinski definition) is 2. The summed E-state index contributed by atoms with van der Waals surface area (Å²) >= 11 is 0. The van der Waals surface area contributed by atoms with Gasteiger partial charge in [-0.2, -0.15) is 0 Å². The summed E-state index contributed by atoms with van der Waals surface area (Å²) in [4.78, 5) is 0. The van der Waals surface area contributed by atoms with E-state index in [1.54, 1.807) is 6.07 Å². The van der Waals surface area contributed by atoms with Gasteiger partial charge in [-0.3, -0.25) is 0 Å². The Morgan fingerprint density at radius 2 is 1.91 bits per heavy atom. The van der Waals surface area contributed by atoms with Gasteiger partial charge < -0.3 is 10.1 Å². The van der Waals surface area contributed by atoms with Crippen molar-refractivity contribution < 1.29 is 9.13 Å². The van der Waals surface area contributed by atoms with E-state index in [2.05, 4.69) is 37.4 Å². The highest BCUT2D eigenvalue weighted by Crippen LogP contribution is 2.27. The number of aryl methyl sites for hydroxylation is 2. The first-order chi connectivity index (χ1) is 10.6. The summed E-state index contributed by atoms with van der Waals surface area (Å²) in [6.07, 6.45) is 1.25. The van der Waals surface area contributed by atoms with Crippen LogP contribution in [0.5, 0.6) is 0 Å². The van der Waals surface area contributed by atoms with Gasteiger partial charge in [0.2, 0.25) is 0 Å². The normalized spacial score (nSPS) is 17.9. The van der Waals surface area contributed by atoms with Gasteiger partial charge in [-0.15, -0.1) is 0 Å². The largest absolute Gasteiger partial charge is 0.372 e. The van der Waals surface area contributed by atoms with E-state index in [1.165, 1.54) is 17.2 Å². The lowest BCUT2D eigenvalue weighted by Gasteiger charge is -2.15. The molecule has 116 valence electrons. The van der Waals surface area contributed by atoms with Gasteiger partial charge in [0, 0.05) is 6.54 Å². The summed E-state index contributed by atoms with van der Waals surface area (Å²) in [6, 6.07) is 11.4. The minimum atomic E-state index is -0.212. The van der Waals surface area contributed by atoms with E-state index in [4.69, 9.17) is 4.74 Å². The topological polar surface area (TPSA) is 21.3 Å². The molecule has 1 atom stereocenters. The van der Waals surface area contributed by atoms with E-state index in [-0.39, 0.29) is 11.9 Å². The maximum atomic E-state index is 13.7. The maximum Gasteiger partial charge on any atom is 0.123 e. The molecule has 1 aliphatic rings. The van der Waals surface area contributed by atoms with Crippen molar-refractivity contribution in [1.29, 1.82) is 0 Å². The number of rotatable bonds is 4. The number of benzene rings is 2. The molecule has 0 bridgehead atoms. The maximum absolute atomic E-state index is 13.7. The van der Waals surface area contributed by atoms with Crippen molar-refractivity contribution in [2.75, 3.05) is 13.1 Å². The monoisotopic (exact) mass is 299 g/mol. The van der Waals surface area contributed by atoms with Gasteiger partial charge in [0.1, 0.15) is 5.82 Å². The van der Waals surface area contributed by atoms with Gasteiger partial charge >= 0.3 is 0 Å². The van der Waals surface area contributed by atoms with Crippen LogP contribution in [0.2, 0.25) is 0 Å². The van der Waals surface area contributed by atoms with Crippen molar-refractivity contribution in [3.63, 3.8) is 0 Å². The molecule has 22 heavy (non-hydrogen) atoms. The first-order valence-corrected chi connectivity index (χ1v) is 7.81. The average molecular weight is 299 g/mol. The van der Waals surface area contributed by atoms with Gasteiger partial charge in [0.05, 0.1) is 12.7 Å². The van der Waals surface area contributed by atoms with Crippen LogP contribution in [0.4, 0.5) is 4.39 Å². The van der Waals surface area contributed by atoms with Crippen LogP contribution < -0.4 is 5.32 Å². The van der Waals surface area contributed by atoms with Crippen molar-refractivity contribution in [3.05, 3.63) is 58.9 Å². The predicted octanol–water partition coefficient (Wildman–Crippen LogP) is 3.99. The fourth-order valence-corrected chi connectivity index (χ4v) is 3.07. The van der Waals surface area contributed by atoms with E-state index in [0.717, 1.165) is 36.2 Å². The van der Waals surface area contributed by atoms with Crippen LogP contribution in [-0.2, 0) is 11.3 Å². The zero-order chi connectivity index (χ0) is 15.5. The highest BCUT2D eigenvalue weighted by atomic mass is 19.1. The molecule has 1 saturated heterocycles. The van der Waals surface area contributed by atoms with Crippen molar-refractivity contribution in [3.8, 4) is 11.1 Å². The van der Waals surface area contributed by atoms with Gasteiger partial charge in [-0.25, -0.2) is 4.39 Å². The number of hydrogen-bond donors (Lipinski definition) is 1. The zero-order valence-electron chi connectivity index (χ0n) is 13.2. The van der Waals surface area contributed by atoms with E-state index in [9.17, 15) is 4.39 Å². The van der Waals surface area contributed by atoms with Crippen molar-refractivity contribution in [2.24, 2.45) is 0 Å². The van der Waals surface area contributed by atoms with Gasteiger partial charge in [-0.1, -0.05) is 35.4 Å². The molecule has 0 spiro atoms. The second kappa shape index (κ2) is 6.59. The van der Waals surface area contributed by atoms with Crippen LogP contribution in [-0.4, -0.2) is 19.2 Å². The van der Waals surface area contributed by atoms with E-state index in [1.807, 2.05) is 6.07 Å². The second-order valence-electron chi connectivity index (χ2n) is 6.10. The van der Waals surface area contributed by atoms with Crippen LogP contribution >= 0.6 is 0 Å². The number of halogens is 1. The van der Waals surface area contributed by atoms with Crippen LogP contribution in [0.25, 0.3) is 11.1 Å². The second-order valence-corrected chi connectivity index (χ2v) is 6.10. The molecule has 0 radical (unpaired) electrons. The van der Waals surface area contributed by atoms with Gasteiger partial charge in [0.25, 0.3) is 0 Å². The number of ether oxygens (including phenoxy) is 1. The average Bonchev–Trinajstić information content (AvgIpc) is 2.97. The Morgan fingerprint density at radius 1 is 1.14 bits per heavy atom. The Morgan fingerprint density at radius 3 is 2.59 bits per heavy atom. The fraction of sp³-hybridized carbons (Fsp3) is 0.368. The molecule has 2 aromatic rings. The van der Waals surface area contributed by atoms with Gasteiger partial charge in [-0.05, 0) is 55.6 Å². The first-order valence-electron chi connectivity index (χ1n) is 7.81. The van der Waals surface area contributed by atoms with E-state index >= 15 is 0 Å². The molecule has 2 aromatic carbocycles. The van der Waals surface area contributed by atoms with Crippen LogP contribution in [0.1, 0.15) is 23.1 Å². The van der Waals surface area contributed by atoms with Crippen molar-refractivity contribution in [1.82, 2.24) is 5.32 Å². The summed E-state index contributed by atoms with van der Waals surface area (Å²) in [5.41, 5.74) is 5.52. The first kappa shape index (κ1) is 15.2. The molecule has 0 aromatic heterocycles. The summed E-state index contributed by atoms with van der Waals surface area (Å²) < 4.78 is 19.6. The molecule has 0 aliphatic carbocycles. The molecular formula is C19H22FNO. The lowest BCUT2D eigenvalue weighted by molar-refractivity contribution is 0.0543. The van der Waals surface area contributed by atoms with Crippen LogP contribution in [0.3, 0.4) is 0 Å². The Labute approximate surface area is 131 Å². The Kier molecular flexibility index (Phi) is 4.55. The molecule has 0 unspecified atom stereocenters. The Bertz CT molecular complexity index is 642. The third kappa shape index (κ3) is 3.54. The predicted molar refractivity (Wildman–Crippen MR) is 87.4 cm³/mol. The molecule has 3 heteroatoms. The fourth-order valence-electron chi connectivity index (χ4n) is 3.07. The molecule has 0 amide bonds. The Balaban J connectivity index is 1.89. The summed E-state index contributed by atoms with van der Waals surface area (Å²) in [5, 5.41) is 3.28. The third-order valence-corrected chi connectivity index (χ3v) is 4.09. The van der Waals surface area contributed by atoms with Crippen molar-refractivity contribution >= 4 is 0 Å². The SMILES string of the molecule is Cc1cc(C)cc(-c2ccc(F)cc2CO[C@H]2CCNC2)c1. The minimum Gasteiger partial charge on any atom is -0.372 e. The van der Waals surface area contributed by atoms with Gasteiger partial charge in [0.15, 0.2) is 0 Å². The quantitative estimate of drug-likeness (QED) is 0.921. The molecular weight excluding hydrogens is 277 g/mol. The molecule has 1 heterocycles. The van der Waals surface area contributed by atoms with E-state index < -0.39 is 0 Å².